The van der Waals surface area contributed by atoms with Crippen LogP contribution in [0.4, 0.5) is 0 Å². The van der Waals surface area contributed by atoms with Gasteiger partial charge in [-0.25, -0.2) is 0 Å². The van der Waals surface area contributed by atoms with Crippen molar-refractivity contribution in [1.29, 1.82) is 0 Å². The Morgan fingerprint density at radius 2 is 2.10 bits per heavy atom. The van der Waals surface area contributed by atoms with E-state index < -0.39 is 0 Å². The van der Waals surface area contributed by atoms with Crippen molar-refractivity contribution in [1.82, 2.24) is 9.47 Å². The van der Waals surface area contributed by atoms with Gasteiger partial charge in [0.05, 0.1) is 13.2 Å². The summed E-state index contributed by atoms with van der Waals surface area (Å²) >= 11 is 0. The standard InChI is InChI=1S/C17H22N2O2/c1-3-14-15-7-5-9-18(15)10-11-19(14)12-13-6-4-8-16(21-2)17(13)20/h4-9,14,20H,3,10-12H2,1-2H3/t14-/m1/s1. The van der Waals surface area contributed by atoms with Gasteiger partial charge in [0.15, 0.2) is 11.5 Å². The predicted molar refractivity (Wildman–Crippen MR) is 82.5 cm³/mol. The van der Waals surface area contributed by atoms with Gasteiger partial charge in [0.25, 0.3) is 0 Å². The number of aromatic nitrogens is 1. The van der Waals surface area contributed by atoms with Crippen LogP contribution in [0.2, 0.25) is 0 Å². The van der Waals surface area contributed by atoms with E-state index in [4.69, 9.17) is 4.74 Å². The fraction of sp³-hybridized carbons (Fsp3) is 0.412. The molecule has 112 valence electrons. The predicted octanol–water partition coefficient (Wildman–Crippen LogP) is 3.17. The number of ether oxygens (including phenoxy) is 1. The van der Waals surface area contributed by atoms with Crippen LogP contribution in [-0.2, 0) is 13.1 Å². The first-order valence-electron chi connectivity index (χ1n) is 7.48. The van der Waals surface area contributed by atoms with Crippen LogP contribution in [0.5, 0.6) is 11.5 Å². The molecule has 21 heavy (non-hydrogen) atoms. The molecule has 1 aromatic carbocycles. The summed E-state index contributed by atoms with van der Waals surface area (Å²) in [6, 6.07) is 10.4. The molecule has 0 aliphatic carbocycles. The summed E-state index contributed by atoms with van der Waals surface area (Å²) < 4.78 is 7.53. The second kappa shape index (κ2) is 5.82. The average Bonchev–Trinajstić information content (AvgIpc) is 2.97. The molecule has 0 bridgehead atoms. The Kier molecular flexibility index (Phi) is 3.88. The molecule has 1 N–H and O–H groups in total. The Morgan fingerprint density at radius 3 is 2.86 bits per heavy atom. The molecule has 0 saturated heterocycles. The van der Waals surface area contributed by atoms with Crippen molar-refractivity contribution < 1.29 is 9.84 Å². The molecule has 0 amide bonds. The maximum Gasteiger partial charge on any atom is 0.162 e. The first kappa shape index (κ1) is 14.0. The fourth-order valence-electron chi connectivity index (χ4n) is 3.25. The third-order valence-electron chi connectivity index (χ3n) is 4.34. The normalized spacial score (nSPS) is 18.5. The number of benzene rings is 1. The molecule has 4 nitrogen and oxygen atoms in total. The number of methoxy groups -OCH3 is 1. The molecule has 0 radical (unpaired) electrons. The summed E-state index contributed by atoms with van der Waals surface area (Å²) in [7, 11) is 1.58. The topological polar surface area (TPSA) is 37.6 Å². The van der Waals surface area contributed by atoms with Gasteiger partial charge >= 0.3 is 0 Å². The molecule has 3 rings (SSSR count). The van der Waals surface area contributed by atoms with E-state index in [1.54, 1.807) is 13.2 Å². The van der Waals surface area contributed by atoms with E-state index in [0.717, 1.165) is 31.6 Å². The minimum Gasteiger partial charge on any atom is -0.504 e. The lowest BCUT2D eigenvalue weighted by molar-refractivity contribution is 0.142. The van der Waals surface area contributed by atoms with E-state index >= 15 is 0 Å². The summed E-state index contributed by atoms with van der Waals surface area (Å²) in [5, 5.41) is 10.3. The fourth-order valence-corrected chi connectivity index (χ4v) is 3.25. The second-order valence-electron chi connectivity index (χ2n) is 5.49. The maximum atomic E-state index is 10.3. The lowest BCUT2D eigenvalue weighted by Crippen LogP contribution is -2.37. The molecule has 0 spiro atoms. The quantitative estimate of drug-likeness (QED) is 0.938. The number of para-hydroxylation sites is 1. The van der Waals surface area contributed by atoms with Crippen molar-refractivity contribution in [3.63, 3.8) is 0 Å². The summed E-state index contributed by atoms with van der Waals surface area (Å²) in [5.74, 6) is 0.803. The summed E-state index contributed by atoms with van der Waals surface area (Å²) in [6.45, 7) is 4.96. The van der Waals surface area contributed by atoms with Crippen molar-refractivity contribution in [3.8, 4) is 11.5 Å². The molecule has 0 saturated carbocycles. The summed E-state index contributed by atoms with van der Waals surface area (Å²) in [6.07, 6.45) is 3.22. The van der Waals surface area contributed by atoms with Crippen molar-refractivity contribution in [3.05, 3.63) is 47.8 Å². The molecular formula is C17H22N2O2. The average molecular weight is 286 g/mol. The van der Waals surface area contributed by atoms with E-state index in [0.29, 0.717) is 11.8 Å². The van der Waals surface area contributed by atoms with Crippen molar-refractivity contribution in [2.45, 2.75) is 32.5 Å². The van der Waals surface area contributed by atoms with Crippen LogP contribution >= 0.6 is 0 Å². The summed E-state index contributed by atoms with van der Waals surface area (Å²) in [5.41, 5.74) is 2.29. The van der Waals surface area contributed by atoms with E-state index in [1.165, 1.54) is 5.69 Å². The van der Waals surface area contributed by atoms with Crippen molar-refractivity contribution in [2.24, 2.45) is 0 Å². The van der Waals surface area contributed by atoms with Crippen LogP contribution in [0.1, 0.15) is 30.6 Å². The largest absolute Gasteiger partial charge is 0.504 e. The van der Waals surface area contributed by atoms with Crippen LogP contribution in [0.25, 0.3) is 0 Å². The van der Waals surface area contributed by atoms with Gasteiger partial charge in [-0.3, -0.25) is 4.90 Å². The minimum atomic E-state index is 0.260. The number of phenols is 1. The minimum absolute atomic E-state index is 0.260. The number of aromatic hydroxyl groups is 1. The molecule has 1 atom stereocenters. The Labute approximate surface area is 125 Å². The maximum absolute atomic E-state index is 10.3. The number of phenolic OH excluding ortho intramolecular Hbond substituents is 1. The van der Waals surface area contributed by atoms with E-state index in [1.807, 2.05) is 12.1 Å². The molecule has 2 aromatic rings. The van der Waals surface area contributed by atoms with Gasteiger partial charge in [0.1, 0.15) is 0 Å². The molecule has 1 aliphatic rings. The smallest absolute Gasteiger partial charge is 0.162 e. The molecule has 1 aromatic heterocycles. The highest BCUT2D eigenvalue weighted by molar-refractivity contribution is 5.45. The van der Waals surface area contributed by atoms with Gasteiger partial charge in [-0.15, -0.1) is 0 Å². The number of hydrogen-bond donors (Lipinski definition) is 1. The zero-order valence-corrected chi connectivity index (χ0v) is 12.6. The van der Waals surface area contributed by atoms with Gasteiger partial charge in [-0.2, -0.15) is 0 Å². The number of fused-ring (bicyclic) bond motifs is 1. The first-order chi connectivity index (χ1) is 10.2. The zero-order chi connectivity index (χ0) is 14.8. The van der Waals surface area contributed by atoms with Gasteiger partial charge in [-0.05, 0) is 24.6 Å². The third kappa shape index (κ3) is 2.51. The van der Waals surface area contributed by atoms with Crippen LogP contribution in [0, 0.1) is 0 Å². The summed E-state index contributed by atoms with van der Waals surface area (Å²) in [4.78, 5) is 2.43. The third-order valence-corrected chi connectivity index (χ3v) is 4.34. The van der Waals surface area contributed by atoms with Crippen molar-refractivity contribution in [2.75, 3.05) is 13.7 Å². The Balaban J connectivity index is 1.85. The van der Waals surface area contributed by atoms with E-state index in [9.17, 15) is 5.11 Å². The van der Waals surface area contributed by atoms with Crippen LogP contribution < -0.4 is 4.74 Å². The monoisotopic (exact) mass is 286 g/mol. The number of rotatable bonds is 4. The Hall–Kier alpha value is -1.94. The molecule has 2 heterocycles. The van der Waals surface area contributed by atoms with Crippen molar-refractivity contribution >= 4 is 0 Å². The highest BCUT2D eigenvalue weighted by Crippen LogP contribution is 2.34. The van der Waals surface area contributed by atoms with E-state index in [2.05, 4.69) is 34.7 Å². The van der Waals surface area contributed by atoms with Crippen LogP contribution in [0.15, 0.2) is 36.5 Å². The molecule has 4 heteroatoms. The first-order valence-corrected chi connectivity index (χ1v) is 7.48. The Morgan fingerprint density at radius 1 is 1.24 bits per heavy atom. The van der Waals surface area contributed by atoms with Crippen LogP contribution in [0.3, 0.4) is 0 Å². The highest BCUT2D eigenvalue weighted by Gasteiger charge is 2.26. The van der Waals surface area contributed by atoms with Gasteiger partial charge in [-0.1, -0.05) is 19.1 Å². The van der Waals surface area contributed by atoms with E-state index in [-0.39, 0.29) is 5.75 Å². The zero-order valence-electron chi connectivity index (χ0n) is 12.6. The van der Waals surface area contributed by atoms with Gasteiger partial charge in [0.2, 0.25) is 0 Å². The molecule has 1 aliphatic heterocycles. The van der Waals surface area contributed by atoms with Gasteiger partial charge < -0.3 is 14.4 Å². The lowest BCUT2D eigenvalue weighted by atomic mass is 10.0. The van der Waals surface area contributed by atoms with Gasteiger partial charge in [0, 0.05) is 37.1 Å². The number of nitrogens with zero attached hydrogens (tertiary/aromatic N) is 2. The molecular weight excluding hydrogens is 264 g/mol. The molecule has 0 fully saturated rings. The lowest BCUT2D eigenvalue weighted by Gasteiger charge is -2.36. The second-order valence-corrected chi connectivity index (χ2v) is 5.49. The SMILES string of the molecule is CC[C@@H]1c2cccn2CCN1Cc1cccc(OC)c1O. The Bertz CT molecular complexity index is 621. The highest BCUT2D eigenvalue weighted by atomic mass is 16.5. The van der Waals surface area contributed by atoms with Crippen LogP contribution in [-0.4, -0.2) is 28.2 Å². The molecule has 0 unspecified atom stereocenters. The number of hydrogen-bond acceptors (Lipinski definition) is 3.